The zero-order valence-electron chi connectivity index (χ0n) is 16.6. The quantitative estimate of drug-likeness (QED) is 0.816. The normalized spacial score (nSPS) is 22.7. The second-order valence-corrected chi connectivity index (χ2v) is 8.15. The highest BCUT2D eigenvalue weighted by Crippen LogP contribution is 2.34. The van der Waals surface area contributed by atoms with E-state index in [2.05, 4.69) is 35.2 Å². The van der Waals surface area contributed by atoms with Gasteiger partial charge in [0.1, 0.15) is 19.0 Å². The Bertz CT molecular complexity index is 856. The van der Waals surface area contributed by atoms with Crippen molar-refractivity contribution < 1.29 is 9.47 Å². The van der Waals surface area contributed by atoms with Gasteiger partial charge in [-0.15, -0.1) is 0 Å². The van der Waals surface area contributed by atoms with Gasteiger partial charge < -0.3 is 14.4 Å². The predicted molar refractivity (Wildman–Crippen MR) is 107 cm³/mol. The molecule has 0 bridgehead atoms. The van der Waals surface area contributed by atoms with Crippen LogP contribution in [0, 0.1) is 0 Å². The fraction of sp³-hybridized carbons (Fsp3) is 0.545. The maximum Gasteiger partial charge on any atom is 0.161 e. The second-order valence-electron chi connectivity index (χ2n) is 8.15. The van der Waals surface area contributed by atoms with Crippen molar-refractivity contribution in [1.29, 1.82) is 0 Å². The number of fused-ring (bicyclic) bond motifs is 2. The van der Waals surface area contributed by atoms with Crippen LogP contribution in [-0.4, -0.2) is 53.1 Å². The van der Waals surface area contributed by atoms with Crippen LogP contribution in [0.25, 0.3) is 0 Å². The first-order valence-electron chi connectivity index (χ1n) is 10.4. The lowest BCUT2D eigenvalue weighted by atomic mass is 9.99. The van der Waals surface area contributed by atoms with E-state index < -0.39 is 0 Å². The van der Waals surface area contributed by atoms with Gasteiger partial charge in [-0.1, -0.05) is 12.5 Å². The minimum absolute atomic E-state index is 0.298. The molecule has 2 aromatic rings. The third kappa shape index (κ3) is 3.59. The molecule has 3 aliphatic heterocycles. The fourth-order valence-electron chi connectivity index (χ4n) is 4.53. The molecule has 5 rings (SSSR count). The number of hydrogen-bond acceptors (Lipinski definition) is 6. The molecule has 0 spiro atoms. The number of piperidine rings is 1. The summed E-state index contributed by atoms with van der Waals surface area (Å²) >= 11 is 0. The fourth-order valence-corrected chi connectivity index (χ4v) is 4.53. The van der Waals surface area contributed by atoms with Gasteiger partial charge in [0, 0.05) is 43.5 Å². The molecule has 0 N–H and O–H groups in total. The molecular formula is C22H28N4O2. The lowest BCUT2D eigenvalue weighted by Crippen LogP contribution is -2.35. The second kappa shape index (κ2) is 7.68. The monoisotopic (exact) mass is 380 g/mol. The van der Waals surface area contributed by atoms with Crippen molar-refractivity contribution in [3.8, 4) is 11.5 Å². The average molecular weight is 380 g/mol. The van der Waals surface area contributed by atoms with Crippen LogP contribution in [0.5, 0.6) is 11.5 Å². The number of benzene rings is 1. The zero-order valence-corrected chi connectivity index (χ0v) is 16.6. The third-order valence-electron chi connectivity index (χ3n) is 6.05. The van der Waals surface area contributed by atoms with Crippen molar-refractivity contribution in [1.82, 2.24) is 19.8 Å². The average Bonchev–Trinajstić information content (AvgIpc) is 2.74. The Morgan fingerprint density at radius 1 is 1.11 bits per heavy atom. The molecule has 0 amide bonds. The Kier molecular flexibility index (Phi) is 4.91. The van der Waals surface area contributed by atoms with Crippen LogP contribution in [0.2, 0.25) is 0 Å². The number of hydrogen-bond donors (Lipinski definition) is 0. The number of likely N-dealkylation sites (tertiary alicyclic amines) is 1. The molecule has 1 fully saturated rings. The van der Waals surface area contributed by atoms with Gasteiger partial charge in [0.25, 0.3) is 0 Å². The Morgan fingerprint density at radius 3 is 2.93 bits per heavy atom. The van der Waals surface area contributed by atoms with Crippen LogP contribution in [0.3, 0.4) is 0 Å². The van der Waals surface area contributed by atoms with Crippen LogP contribution in [0.4, 0.5) is 0 Å². The Balaban J connectivity index is 1.37. The highest BCUT2D eigenvalue weighted by atomic mass is 16.6. The van der Waals surface area contributed by atoms with Gasteiger partial charge in [-0.2, -0.15) is 0 Å². The van der Waals surface area contributed by atoms with Crippen molar-refractivity contribution in [3.63, 3.8) is 0 Å². The number of likely N-dealkylation sites (N-methyl/N-ethyl adjacent to an activating group) is 1. The van der Waals surface area contributed by atoms with Crippen LogP contribution < -0.4 is 9.47 Å². The van der Waals surface area contributed by atoms with E-state index in [-0.39, 0.29) is 0 Å². The molecule has 1 aromatic heterocycles. The molecule has 1 atom stereocenters. The zero-order chi connectivity index (χ0) is 18.9. The lowest BCUT2D eigenvalue weighted by molar-refractivity contribution is 0.132. The molecule has 6 nitrogen and oxygen atoms in total. The van der Waals surface area contributed by atoms with Gasteiger partial charge in [-0.05, 0) is 44.1 Å². The lowest BCUT2D eigenvalue weighted by Gasteiger charge is -2.35. The topological polar surface area (TPSA) is 50.7 Å². The molecule has 0 saturated carbocycles. The predicted octanol–water partition coefficient (Wildman–Crippen LogP) is 2.96. The van der Waals surface area contributed by atoms with Crippen molar-refractivity contribution in [2.45, 2.75) is 44.8 Å². The Hall–Kier alpha value is -2.18. The standard InChI is InChI=1S/C22H28N4O2/c1-25-9-7-18-17(15-25)13-23-22(24-18)19-4-2-3-8-26(19)14-16-5-6-20-21(12-16)28-11-10-27-20/h5-6,12-13,19H,2-4,7-11,14-15H2,1H3/t19-/m1/s1. The van der Waals surface area contributed by atoms with Crippen molar-refractivity contribution >= 4 is 0 Å². The van der Waals surface area contributed by atoms with Gasteiger partial charge in [-0.3, -0.25) is 4.90 Å². The maximum absolute atomic E-state index is 5.76. The van der Waals surface area contributed by atoms with E-state index in [0.717, 1.165) is 56.3 Å². The van der Waals surface area contributed by atoms with Crippen molar-refractivity contribution in [2.24, 2.45) is 0 Å². The molecule has 4 heterocycles. The third-order valence-corrected chi connectivity index (χ3v) is 6.05. The van der Waals surface area contributed by atoms with Gasteiger partial charge >= 0.3 is 0 Å². The molecule has 3 aliphatic rings. The smallest absolute Gasteiger partial charge is 0.161 e. The molecule has 0 aliphatic carbocycles. The largest absolute Gasteiger partial charge is 0.486 e. The molecule has 0 unspecified atom stereocenters. The molecule has 1 saturated heterocycles. The Morgan fingerprint density at radius 2 is 2.00 bits per heavy atom. The van der Waals surface area contributed by atoms with Gasteiger partial charge in [0.05, 0.1) is 6.04 Å². The SMILES string of the molecule is CN1CCc2nc([C@H]3CCCCN3Cc3ccc4c(c3)OCCO4)ncc2C1. The van der Waals surface area contributed by atoms with E-state index in [9.17, 15) is 0 Å². The number of ether oxygens (including phenoxy) is 2. The number of aromatic nitrogens is 2. The maximum atomic E-state index is 5.76. The van der Waals surface area contributed by atoms with E-state index in [1.807, 2.05) is 6.07 Å². The summed E-state index contributed by atoms with van der Waals surface area (Å²) in [5, 5.41) is 0. The van der Waals surface area contributed by atoms with E-state index in [4.69, 9.17) is 19.4 Å². The molecule has 1 aromatic carbocycles. The number of nitrogens with zero attached hydrogens (tertiary/aromatic N) is 4. The molecule has 148 valence electrons. The van der Waals surface area contributed by atoms with Crippen molar-refractivity contribution in [2.75, 3.05) is 33.4 Å². The van der Waals surface area contributed by atoms with Crippen LogP contribution in [0.1, 0.15) is 47.9 Å². The summed E-state index contributed by atoms with van der Waals surface area (Å²) in [5.41, 5.74) is 3.79. The highest BCUT2D eigenvalue weighted by molar-refractivity contribution is 5.43. The van der Waals surface area contributed by atoms with Crippen LogP contribution in [-0.2, 0) is 19.5 Å². The van der Waals surface area contributed by atoms with E-state index in [0.29, 0.717) is 19.3 Å². The molecular weight excluding hydrogens is 352 g/mol. The Labute approximate surface area is 166 Å². The van der Waals surface area contributed by atoms with Crippen LogP contribution >= 0.6 is 0 Å². The highest BCUT2D eigenvalue weighted by Gasteiger charge is 2.28. The van der Waals surface area contributed by atoms with E-state index in [1.54, 1.807) is 0 Å². The number of rotatable bonds is 3. The summed E-state index contributed by atoms with van der Waals surface area (Å²) in [7, 11) is 2.16. The summed E-state index contributed by atoms with van der Waals surface area (Å²) in [5.74, 6) is 2.72. The van der Waals surface area contributed by atoms with Crippen molar-refractivity contribution in [3.05, 3.63) is 47.0 Å². The first-order chi connectivity index (χ1) is 13.8. The summed E-state index contributed by atoms with van der Waals surface area (Å²) in [6, 6.07) is 6.62. The van der Waals surface area contributed by atoms with Crippen LogP contribution in [0.15, 0.2) is 24.4 Å². The first-order valence-corrected chi connectivity index (χ1v) is 10.4. The van der Waals surface area contributed by atoms with E-state index in [1.165, 1.54) is 29.7 Å². The minimum Gasteiger partial charge on any atom is -0.486 e. The summed E-state index contributed by atoms with van der Waals surface area (Å²) < 4.78 is 11.4. The summed E-state index contributed by atoms with van der Waals surface area (Å²) in [6.45, 7) is 5.27. The molecule has 28 heavy (non-hydrogen) atoms. The van der Waals surface area contributed by atoms with Gasteiger partial charge in [0.15, 0.2) is 11.5 Å². The summed E-state index contributed by atoms with van der Waals surface area (Å²) in [6.07, 6.45) is 6.69. The first kappa shape index (κ1) is 17.9. The summed E-state index contributed by atoms with van der Waals surface area (Å²) in [4.78, 5) is 14.7. The van der Waals surface area contributed by atoms with E-state index >= 15 is 0 Å². The minimum atomic E-state index is 0.298. The molecule has 0 radical (unpaired) electrons. The van der Waals surface area contributed by atoms with Gasteiger partial charge in [-0.25, -0.2) is 9.97 Å². The van der Waals surface area contributed by atoms with Gasteiger partial charge in [0.2, 0.25) is 0 Å². The molecule has 6 heteroatoms.